The third kappa shape index (κ3) is 4.48. The molecule has 2 heterocycles. The van der Waals surface area contributed by atoms with Crippen LogP contribution in [-0.4, -0.2) is 43.1 Å². The number of rotatable bonds is 3. The van der Waals surface area contributed by atoms with Gasteiger partial charge in [0.25, 0.3) is 0 Å². The monoisotopic (exact) mass is 413 g/mol. The normalized spacial score (nSPS) is 18.6. The number of amides is 3. The number of nitrogens with one attached hydrogen (secondary N) is 1. The van der Waals surface area contributed by atoms with Gasteiger partial charge in [0.1, 0.15) is 12.4 Å². The zero-order valence-corrected chi connectivity index (χ0v) is 16.9. The summed E-state index contributed by atoms with van der Waals surface area (Å²) in [5.41, 5.74) is 1.75. The Kier molecular flexibility index (Phi) is 5.90. The summed E-state index contributed by atoms with van der Waals surface area (Å²) in [5, 5.41) is 3.63. The van der Waals surface area contributed by atoms with Crippen LogP contribution in [0.3, 0.4) is 0 Å². The summed E-state index contributed by atoms with van der Waals surface area (Å²) in [6, 6.07) is 14.9. The van der Waals surface area contributed by atoms with Crippen molar-refractivity contribution in [2.24, 2.45) is 5.92 Å². The maximum absolute atomic E-state index is 13.2. The van der Waals surface area contributed by atoms with Gasteiger partial charge in [0.05, 0.1) is 18.2 Å². The average molecular weight is 414 g/mol. The average Bonchev–Trinajstić information content (AvgIpc) is 2.76. The van der Waals surface area contributed by atoms with Crippen molar-refractivity contribution in [1.29, 1.82) is 0 Å². The van der Waals surface area contributed by atoms with Gasteiger partial charge in [-0.1, -0.05) is 35.9 Å². The van der Waals surface area contributed by atoms with E-state index in [1.807, 2.05) is 42.5 Å². The molecule has 1 N–H and O–H groups in total. The Balaban J connectivity index is 1.38. The molecule has 4 rings (SSSR count). The predicted molar refractivity (Wildman–Crippen MR) is 112 cm³/mol. The molecule has 0 radical (unpaired) electrons. The number of para-hydroxylation sites is 2. The maximum atomic E-state index is 13.2. The number of piperidine rings is 1. The van der Waals surface area contributed by atoms with Crippen LogP contribution in [0.1, 0.15) is 18.4 Å². The molecule has 152 valence electrons. The number of nitrogens with zero attached hydrogens (tertiary/aromatic N) is 2. The molecule has 3 amide bonds. The van der Waals surface area contributed by atoms with Crippen LogP contribution in [0.5, 0.6) is 5.75 Å². The molecule has 0 unspecified atom stereocenters. The number of anilines is 1. The van der Waals surface area contributed by atoms with Crippen molar-refractivity contribution in [2.75, 3.05) is 31.1 Å². The fourth-order valence-electron chi connectivity index (χ4n) is 3.88. The summed E-state index contributed by atoms with van der Waals surface area (Å²) in [6.45, 7) is 2.51. The molecule has 6 nitrogen and oxygen atoms in total. The molecule has 29 heavy (non-hydrogen) atoms. The highest BCUT2D eigenvalue weighted by molar-refractivity contribution is 6.30. The molecule has 0 saturated carbocycles. The number of carbonyl (C=O) groups is 2. The Labute approximate surface area is 175 Å². The summed E-state index contributed by atoms with van der Waals surface area (Å²) < 4.78 is 5.65. The second kappa shape index (κ2) is 8.74. The Bertz CT molecular complexity index is 904. The van der Waals surface area contributed by atoms with E-state index in [-0.39, 0.29) is 17.9 Å². The molecule has 2 aromatic rings. The summed E-state index contributed by atoms with van der Waals surface area (Å²) in [5.74, 6) is 0.493. The van der Waals surface area contributed by atoms with Gasteiger partial charge in [-0.05, 0) is 42.7 Å². The molecule has 0 aliphatic carbocycles. The first kappa shape index (κ1) is 19.6. The van der Waals surface area contributed by atoms with Gasteiger partial charge in [0.2, 0.25) is 5.91 Å². The molecular weight excluding hydrogens is 390 g/mol. The van der Waals surface area contributed by atoms with Crippen molar-refractivity contribution in [1.82, 2.24) is 10.2 Å². The second-order valence-corrected chi connectivity index (χ2v) is 7.82. The number of halogens is 1. The highest BCUT2D eigenvalue weighted by Crippen LogP contribution is 2.32. The maximum Gasteiger partial charge on any atom is 0.324 e. The van der Waals surface area contributed by atoms with E-state index in [1.54, 1.807) is 15.9 Å². The van der Waals surface area contributed by atoms with Crippen LogP contribution < -0.4 is 15.0 Å². The van der Waals surface area contributed by atoms with Crippen molar-refractivity contribution in [3.63, 3.8) is 0 Å². The lowest BCUT2D eigenvalue weighted by Gasteiger charge is -2.37. The molecule has 2 aliphatic heterocycles. The second-order valence-electron chi connectivity index (χ2n) is 7.38. The lowest BCUT2D eigenvalue weighted by molar-refractivity contribution is -0.126. The number of ether oxygens (including phenoxy) is 1. The number of urea groups is 1. The molecule has 1 fully saturated rings. The largest absolute Gasteiger partial charge is 0.490 e. The first-order valence-electron chi connectivity index (χ1n) is 9.92. The lowest BCUT2D eigenvalue weighted by Crippen LogP contribution is -2.52. The number of fused-ring (bicyclic) bond motifs is 1. The zero-order valence-electron chi connectivity index (χ0n) is 16.1. The van der Waals surface area contributed by atoms with Crippen LogP contribution in [0.25, 0.3) is 0 Å². The van der Waals surface area contributed by atoms with Crippen LogP contribution in [0.2, 0.25) is 5.02 Å². The molecule has 0 aromatic heterocycles. The van der Waals surface area contributed by atoms with E-state index in [0.29, 0.717) is 37.8 Å². The van der Waals surface area contributed by atoms with E-state index in [2.05, 4.69) is 5.32 Å². The lowest BCUT2D eigenvalue weighted by atomic mass is 9.97. The smallest absolute Gasteiger partial charge is 0.324 e. The number of benzene rings is 2. The fraction of sp³-hybridized carbons (Fsp3) is 0.364. The van der Waals surface area contributed by atoms with E-state index in [9.17, 15) is 9.59 Å². The van der Waals surface area contributed by atoms with Crippen molar-refractivity contribution in [2.45, 2.75) is 19.4 Å². The van der Waals surface area contributed by atoms with E-state index in [0.717, 1.165) is 29.8 Å². The molecule has 2 aromatic carbocycles. The number of hydrogen-bond donors (Lipinski definition) is 1. The SMILES string of the molecule is O=C(NCc1cccc(Cl)c1)[C@@H]1CCCN(C(=O)N2CCOc3ccccc32)C1. The molecule has 1 saturated heterocycles. The van der Waals surface area contributed by atoms with Crippen LogP contribution in [-0.2, 0) is 11.3 Å². The number of hydrogen-bond acceptors (Lipinski definition) is 3. The van der Waals surface area contributed by atoms with Crippen molar-refractivity contribution >= 4 is 29.2 Å². The van der Waals surface area contributed by atoms with E-state index >= 15 is 0 Å². The van der Waals surface area contributed by atoms with Gasteiger partial charge >= 0.3 is 6.03 Å². The standard InChI is InChI=1S/C22H24ClN3O3/c23-18-7-3-5-16(13-18)14-24-21(27)17-6-4-10-25(15-17)22(28)26-11-12-29-20-9-2-1-8-19(20)26/h1-3,5,7-9,13,17H,4,6,10-12,14-15H2,(H,24,27)/t17-/m1/s1. The van der Waals surface area contributed by atoms with E-state index in [4.69, 9.17) is 16.3 Å². The molecular formula is C22H24ClN3O3. The molecule has 0 bridgehead atoms. The van der Waals surface area contributed by atoms with Gasteiger partial charge in [0.15, 0.2) is 0 Å². The van der Waals surface area contributed by atoms with Crippen molar-refractivity contribution in [3.05, 3.63) is 59.1 Å². The van der Waals surface area contributed by atoms with Gasteiger partial charge in [-0.2, -0.15) is 0 Å². The van der Waals surface area contributed by atoms with Crippen molar-refractivity contribution in [3.8, 4) is 5.75 Å². The highest BCUT2D eigenvalue weighted by atomic mass is 35.5. The summed E-state index contributed by atoms with van der Waals surface area (Å²) in [7, 11) is 0. The Hall–Kier alpha value is -2.73. The van der Waals surface area contributed by atoms with Crippen LogP contribution >= 0.6 is 11.6 Å². The Morgan fingerprint density at radius 2 is 2.00 bits per heavy atom. The summed E-state index contributed by atoms with van der Waals surface area (Å²) in [4.78, 5) is 29.4. The van der Waals surface area contributed by atoms with Gasteiger partial charge in [0, 0.05) is 24.7 Å². The van der Waals surface area contributed by atoms with E-state index in [1.165, 1.54) is 0 Å². The molecule has 2 aliphatic rings. The molecule has 0 spiro atoms. The molecule has 7 heteroatoms. The van der Waals surface area contributed by atoms with E-state index < -0.39 is 0 Å². The Morgan fingerprint density at radius 1 is 1.14 bits per heavy atom. The van der Waals surface area contributed by atoms with Gasteiger partial charge < -0.3 is 15.0 Å². The minimum Gasteiger partial charge on any atom is -0.490 e. The minimum atomic E-state index is -0.205. The number of likely N-dealkylation sites (tertiary alicyclic amines) is 1. The highest BCUT2D eigenvalue weighted by Gasteiger charge is 2.33. The van der Waals surface area contributed by atoms with Crippen molar-refractivity contribution < 1.29 is 14.3 Å². The predicted octanol–water partition coefficient (Wildman–Crippen LogP) is 3.69. The summed E-state index contributed by atoms with van der Waals surface area (Å²) in [6.07, 6.45) is 1.60. The van der Waals surface area contributed by atoms with Crippen LogP contribution in [0.4, 0.5) is 10.5 Å². The number of carbonyl (C=O) groups excluding carboxylic acids is 2. The fourth-order valence-corrected chi connectivity index (χ4v) is 4.10. The third-order valence-corrected chi connectivity index (χ3v) is 5.61. The topological polar surface area (TPSA) is 61.9 Å². The van der Waals surface area contributed by atoms with Gasteiger partial charge in [-0.25, -0.2) is 4.79 Å². The first-order valence-corrected chi connectivity index (χ1v) is 10.3. The van der Waals surface area contributed by atoms with Crippen LogP contribution in [0, 0.1) is 5.92 Å². The first-order chi connectivity index (χ1) is 14.1. The third-order valence-electron chi connectivity index (χ3n) is 5.38. The van der Waals surface area contributed by atoms with Gasteiger partial charge in [-0.3, -0.25) is 9.69 Å². The van der Waals surface area contributed by atoms with Gasteiger partial charge in [-0.15, -0.1) is 0 Å². The molecule has 1 atom stereocenters. The Morgan fingerprint density at radius 3 is 2.86 bits per heavy atom. The summed E-state index contributed by atoms with van der Waals surface area (Å²) >= 11 is 6.00. The van der Waals surface area contributed by atoms with Crippen LogP contribution in [0.15, 0.2) is 48.5 Å². The quantitative estimate of drug-likeness (QED) is 0.834. The zero-order chi connectivity index (χ0) is 20.2. The minimum absolute atomic E-state index is 0.0233.